The summed E-state index contributed by atoms with van der Waals surface area (Å²) in [5.74, 6) is -0.0459. The Hall–Kier alpha value is -0.410. The summed E-state index contributed by atoms with van der Waals surface area (Å²) >= 11 is 0. The monoisotopic (exact) mass is 170 g/mol. The van der Waals surface area contributed by atoms with Gasteiger partial charge in [0.1, 0.15) is 5.78 Å². The van der Waals surface area contributed by atoms with E-state index in [1.807, 2.05) is 6.92 Å². The van der Waals surface area contributed by atoms with Gasteiger partial charge >= 0.3 is 0 Å². The van der Waals surface area contributed by atoms with E-state index in [1.54, 1.807) is 0 Å². The molecule has 0 aromatic carbocycles. The average Bonchev–Trinajstić information content (AvgIpc) is 2.47. The highest BCUT2D eigenvalue weighted by Gasteiger charge is 2.43. The van der Waals surface area contributed by atoms with Gasteiger partial charge in [0.15, 0.2) is 5.79 Å². The van der Waals surface area contributed by atoms with Crippen LogP contribution in [-0.2, 0) is 14.3 Å². The van der Waals surface area contributed by atoms with E-state index in [0.29, 0.717) is 19.6 Å². The second kappa shape index (κ2) is 2.82. The molecule has 0 N–H and O–H groups in total. The van der Waals surface area contributed by atoms with Crippen molar-refractivity contribution in [3.8, 4) is 0 Å². The lowest BCUT2D eigenvalue weighted by molar-refractivity contribution is -0.185. The van der Waals surface area contributed by atoms with Crippen LogP contribution in [0.15, 0.2) is 0 Å². The molecule has 1 unspecified atom stereocenters. The first-order valence-electron chi connectivity index (χ1n) is 4.52. The fourth-order valence-corrected chi connectivity index (χ4v) is 1.87. The van der Waals surface area contributed by atoms with Crippen LogP contribution < -0.4 is 0 Å². The number of carbonyl (C=O) groups excluding carboxylic acids is 1. The number of ketones is 1. The molecule has 1 heterocycles. The van der Waals surface area contributed by atoms with E-state index in [4.69, 9.17) is 9.47 Å². The Kier molecular flexibility index (Phi) is 1.93. The van der Waals surface area contributed by atoms with Crippen LogP contribution in [0.2, 0.25) is 0 Å². The standard InChI is InChI=1S/C9H14O3/c1-7-2-3-9(6-8(7)10)11-4-5-12-9/h7H,2-6H2,1H3. The van der Waals surface area contributed by atoms with Crippen molar-refractivity contribution in [3.63, 3.8) is 0 Å². The third-order valence-corrected chi connectivity index (χ3v) is 2.77. The van der Waals surface area contributed by atoms with Crippen molar-refractivity contribution in [1.29, 1.82) is 0 Å². The largest absolute Gasteiger partial charge is 0.347 e. The smallest absolute Gasteiger partial charge is 0.175 e. The zero-order valence-corrected chi connectivity index (χ0v) is 7.34. The van der Waals surface area contributed by atoms with Crippen molar-refractivity contribution in [2.75, 3.05) is 13.2 Å². The first kappa shape index (κ1) is 8.20. The number of carbonyl (C=O) groups is 1. The summed E-state index contributed by atoms with van der Waals surface area (Å²) in [5, 5.41) is 0. The Labute approximate surface area is 72.0 Å². The third-order valence-electron chi connectivity index (χ3n) is 2.77. The van der Waals surface area contributed by atoms with E-state index in [2.05, 4.69) is 0 Å². The highest BCUT2D eigenvalue weighted by atomic mass is 16.7. The van der Waals surface area contributed by atoms with Crippen LogP contribution in [0, 0.1) is 5.92 Å². The van der Waals surface area contributed by atoms with Crippen molar-refractivity contribution in [3.05, 3.63) is 0 Å². The molecule has 0 amide bonds. The van der Waals surface area contributed by atoms with Crippen molar-refractivity contribution < 1.29 is 14.3 Å². The summed E-state index contributed by atoms with van der Waals surface area (Å²) in [6, 6.07) is 0. The number of ether oxygens (including phenoxy) is 2. The normalized spacial score (nSPS) is 34.4. The summed E-state index contributed by atoms with van der Waals surface area (Å²) in [6.07, 6.45) is 2.23. The summed E-state index contributed by atoms with van der Waals surface area (Å²) in [7, 11) is 0. The van der Waals surface area contributed by atoms with E-state index in [1.165, 1.54) is 0 Å². The molecule has 1 atom stereocenters. The molecule has 1 aliphatic carbocycles. The van der Waals surface area contributed by atoms with Crippen LogP contribution in [0.1, 0.15) is 26.2 Å². The first-order chi connectivity index (χ1) is 5.72. The van der Waals surface area contributed by atoms with Crippen LogP contribution in [0.5, 0.6) is 0 Å². The van der Waals surface area contributed by atoms with E-state index in [-0.39, 0.29) is 11.7 Å². The van der Waals surface area contributed by atoms with Gasteiger partial charge in [0.05, 0.1) is 19.6 Å². The molecule has 1 spiro atoms. The van der Waals surface area contributed by atoms with E-state index < -0.39 is 5.79 Å². The summed E-state index contributed by atoms with van der Waals surface area (Å²) in [4.78, 5) is 11.4. The minimum Gasteiger partial charge on any atom is -0.347 e. The van der Waals surface area contributed by atoms with Gasteiger partial charge in [-0.15, -0.1) is 0 Å². The number of hydrogen-bond donors (Lipinski definition) is 0. The molecule has 0 aromatic heterocycles. The molecular weight excluding hydrogens is 156 g/mol. The molecule has 3 nitrogen and oxygen atoms in total. The minimum atomic E-state index is -0.524. The van der Waals surface area contributed by atoms with E-state index in [9.17, 15) is 4.79 Å². The molecule has 2 aliphatic rings. The van der Waals surface area contributed by atoms with Crippen molar-refractivity contribution >= 4 is 5.78 Å². The molecular formula is C9H14O3. The van der Waals surface area contributed by atoms with Crippen LogP contribution in [0.25, 0.3) is 0 Å². The molecule has 1 saturated heterocycles. The Morgan fingerprint density at radius 1 is 1.42 bits per heavy atom. The Balaban J connectivity index is 2.06. The topological polar surface area (TPSA) is 35.5 Å². The van der Waals surface area contributed by atoms with Crippen LogP contribution in [-0.4, -0.2) is 24.8 Å². The number of Topliss-reactive ketones (excluding diaryl/α,β-unsaturated/α-hetero) is 1. The maximum Gasteiger partial charge on any atom is 0.175 e. The van der Waals surface area contributed by atoms with Gasteiger partial charge in [-0.25, -0.2) is 0 Å². The number of hydrogen-bond acceptors (Lipinski definition) is 3. The highest BCUT2D eigenvalue weighted by molar-refractivity contribution is 5.82. The zero-order chi connectivity index (χ0) is 8.60. The van der Waals surface area contributed by atoms with Crippen LogP contribution in [0.4, 0.5) is 0 Å². The maximum absolute atomic E-state index is 11.4. The van der Waals surface area contributed by atoms with Gasteiger partial charge in [-0.3, -0.25) is 4.79 Å². The molecule has 0 aromatic rings. The molecule has 1 aliphatic heterocycles. The molecule has 1 saturated carbocycles. The van der Waals surface area contributed by atoms with E-state index in [0.717, 1.165) is 12.8 Å². The van der Waals surface area contributed by atoms with Gasteiger partial charge in [0, 0.05) is 12.3 Å². The minimum absolute atomic E-state index is 0.198. The van der Waals surface area contributed by atoms with Crippen LogP contribution >= 0.6 is 0 Å². The molecule has 2 rings (SSSR count). The first-order valence-corrected chi connectivity index (χ1v) is 4.52. The Morgan fingerprint density at radius 2 is 2.08 bits per heavy atom. The molecule has 12 heavy (non-hydrogen) atoms. The van der Waals surface area contributed by atoms with Gasteiger partial charge < -0.3 is 9.47 Å². The third kappa shape index (κ3) is 1.27. The van der Waals surface area contributed by atoms with Crippen molar-refractivity contribution in [1.82, 2.24) is 0 Å². The van der Waals surface area contributed by atoms with Gasteiger partial charge in [-0.05, 0) is 6.42 Å². The summed E-state index contributed by atoms with van der Waals surface area (Å²) in [6.45, 7) is 3.26. The zero-order valence-electron chi connectivity index (χ0n) is 7.34. The van der Waals surface area contributed by atoms with Crippen LogP contribution in [0.3, 0.4) is 0 Å². The second-order valence-electron chi connectivity index (χ2n) is 3.69. The quantitative estimate of drug-likeness (QED) is 0.546. The lowest BCUT2D eigenvalue weighted by Crippen LogP contribution is -2.39. The summed E-state index contributed by atoms with van der Waals surface area (Å²) < 4.78 is 10.9. The maximum atomic E-state index is 11.4. The predicted octanol–water partition coefficient (Wildman–Crippen LogP) is 1.12. The predicted molar refractivity (Wildman–Crippen MR) is 42.7 cm³/mol. The van der Waals surface area contributed by atoms with Gasteiger partial charge in [-0.1, -0.05) is 6.92 Å². The van der Waals surface area contributed by atoms with Crippen molar-refractivity contribution in [2.45, 2.75) is 32.0 Å². The molecule has 0 bridgehead atoms. The fourth-order valence-electron chi connectivity index (χ4n) is 1.87. The highest BCUT2D eigenvalue weighted by Crippen LogP contribution is 2.35. The summed E-state index contributed by atoms with van der Waals surface area (Å²) in [5.41, 5.74) is 0. The fraction of sp³-hybridized carbons (Fsp3) is 0.889. The lowest BCUT2D eigenvalue weighted by atomic mass is 9.85. The Bertz CT molecular complexity index is 194. The van der Waals surface area contributed by atoms with E-state index >= 15 is 0 Å². The van der Waals surface area contributed by atoms with Gasteiger partial charge in [-0.2, -0.15) is 0 Å². The molecule has 68 valence electrons. The molecule has 2 fully saturated rings. The lowest BCUT2D eigenvalue weighted by Gasteiger charge is -2.32. The average molecular weight is 170 g/mol. The SMILES string of the molecule is CC1CCC2(CC1=O)OCCO2. The second-order valence-corrected chi connectivity index (χ2v) is 3.69. The number of rotatable bonds is 0. The molecule has 0 radical (unpaired) electrons. The Morgan fingerprint density at radius 3 is 2.67 bits per heavy atom. The van der Waals surface area contributed by atoms with Gasteiger partial charge in [0.2, 0.25) is 0 Å². The molecule has 3 heteroatoms. The van der Waals surface area contributed by atoms with Gasteiger partial charge in [0.25, 0.3) is 0 Å². The van der Waals surface area contributed by atoms with Crippen molar-refractivity contribution in [2.24, 2.45) is 5.92 Å².